The smallest absolute Gasteiger partial charge is 0.241 e. The van der Waals surface area contributed by atoms with E-state index in [-0.39, 0.29) is 17.8 Å². The van der Waals surface area contributed by atoms with E-state index >= 15 is 0 Å². The molecule has 0 aliphatic carbocycles. The number of ether oxygens (including phenoxy) is 1. The highest BCUT2D eigenvalue weighted by molar-refractivity contribution is 5.95. The van der Waals surface area contributed by atoms with Crippen LogP contribution in [-0.4, -0.2) is 40.6 Å². The number of hydrogen-bond donors (Lipinski definition) is 1. The van der Waals surface area contributed by atoms with Crippen molar-refractivity contribution in [2.45, 2.75) is 32.4 Å². The minimum Gasteiger partial charge on any atom is -0.497 e. The summed E-state index contributed by atoms with van der Waals surface area (Å²) >= 11 is 0. The number of anilines is 1. The molecule has 1 amide bonds. The van der Waals surface area contributed by atoms with Crippen LogP contribution in [0.5, 0.6) is 5.75 Å². The number of benzene rings is 2. The van der Waals surface area contributed by atoms with Crippen LogP contribution in [0, 0.1) is 12.7 Å². The molecule has 1 saturated heterocycles. The van der Waals surface area contributed by atoms with E-state index in [2.05, 4.69) is 15.5 Å². The minimum atomic E-state index is -0.311. The molecule has 0 bridgehead atoms. The van der Waals surface area contributed by atoms with Crippen LogP contribution in [0.4, 0.5) is 10.1 Å². The molecule has 156 valence electrons. The summed E-state index contributed by atoms with van der Waals surface area (Å²) < 4.78 is 24.3. The maximum Gasteiger partial charge on any atom is 0.241 e. The average molecular weight is 410 g/mol. The van der Waals surface area contributed by atoms with Crippen molar-refractivity contribution >= 4 is 11.6 Å². The number of nitrogens with one attached hydrogen (secondary N) is 1. The van der Waals surface area contributed by atoms with E-state index in [9.17, 15) is 9.18 Å². The van der Waals surface area contributed by atoms with Crippen molar-refractivity contribution in [3.8, 4) is 17.1 Å². The van der Waals surface area contributed by atoms with Gasteiger partial charge < -0.3 is 14.6 Å². The number of nitrogens with zero attached hydrogens (tertiary/aromatic N) is 3. The third kappa shape index (κ3) is 4.33. The molecule has 2 heterocycles. The molecule has 1 unspecified atom stereocenters. The molecule has 0 saturated carbocycles. The van der Waals surface area contributed by atoms with Gasteiger partial charge in [0.25, 0.3) is 0 Å². The quantitative estimate of drug-likeness (QED) is 0.666. The van der Waals surface area contributed by atoms with Crippen molar-refractivity contribution in [2.24, 2.45) is 0 Å². The lowest BCUT2D eigenvalue weighted by Gasteiger charge is -2.22. The van der Waals surface area contributed by atoms with Crippen molar-refractivity contribution in [1.82, 2.24) is 15.0 Å². The molecule has 1 N–H and O–H groups in total. The number of methoxy groups -OCH3 is 1. The molecule has 2 aromatic carbocycles. The van der Waals surface area contributed by atoms with Crippen LogP contribution in [-0.2, 0) is 11.3 Å². The number of likely N-dealkylation sites (tertiary alicyclic amines) is 1. The maximum absolute atomic E-state index is 13.8. The molecule has 7 nitrogen and oxygen atoms in total. The molecule has 1 aliphatic rings. The highest BCUT2D eigenvalue weighted by atomic mass is 19.1. The summed E-state index contributed by atoms with van der Waals surface area (Å²) in [5.74, 6) is 1.08. The van der Waals surface area contributed by atoms with Gasteiger partial charge in [-0.2, -0.15) is 4.98 Å². The van der Waals surface area contributed by atoms with Crippen molar-refractivity contribution in [3.05, 3.63) is 59.7 Å². The molecule has 30 heavy (non-hydrogen) atoms. The van der Waals surface area contributed by atoms with E-state index in [1.165, 1.54) is 6.07 Å². The lowest BCUT2D eigenvalue weighted by Crippen LogP contribution is -2.39. The highest BCUT2D eigenvalue weighted by Gasteiger charge is 2.32. The Morgan fingerprint density at radius 1 is 1.30 bits per heavy atom. The summed E-state index contributed by atoms with van der Waals surface area (Å²) in [7, 11) is 1.60. The molecule has 0 radical (unpaired) electrons. The highest BCUT2D eigenvalue weighted by Crippen LogP contribution is 2.24. The van der Waals surface area contributed by atoms with Gasteiger partial charge >= 0.3 is 0 Å². The van der Waals surface area contributed by atoms with Gasteiger partial charge in [-0.3, -0.25) is 9.69 Å². The van der Waals surface area contributed by atoms with Crippen molar-refractivity contribution < 1.29 is 18.4 Å². The van der Waals surface area contributed by atoms with E-state index in [0.717, 1.165) is 25.1 Å². The van der Waals surface area contributed by atoms with E-state index in [4.69, 9.17) is 9.26 Å². The molecular weight excluding hydrogens is 387 g/mol. The Morgan fingerprint density at radius 3 is 2.83 bits per heavy atom. The van der Waals surface area contributed by atoms with Gasteiger partial charge in [0, 0.05) is 11.3 Å². The normalized spacial score (nSPS) is 16.6. The first-order chi connectivity index (χ1) is 14.5. The standard InChI is InChI=1S/C22H23FN4O3/c1-14-5-6-15(12-18(14)23)21-25-20(30-26-21)13-27-11-3-4-19(27)22(28)24-16-7-9-17(29-2)10-8-16/h5-10,12,19H,3-4,11,13H2,1-2H3,(H,24,28). The molecule has 0 spiro atoms. The number of carbonyl (C=O) groups is 1. The van der Waals surface area contributed by atoms with Crippen LogP contribution in [0.3, 0.4) is 0 Å². The summed E-state index contributed by atoms with van der Waals surface area (Å²) in [6, 6.07) is 11.8. The maximum atomic E-state index is 13.8. The van der Waals surface area contributed by atoms with Gasteiger partial charge in [0.05, 0.1) is 19.7 Å². The first-order valence-electron chi connectivity index (χ1n) is 9.81. The molecule has 1 fully saturated rings. The predicted molar refractivity (Wildman–Crippen MR) is 109 cm³/mol. The Kier molecular flexibility index (Phi) is 5.76. The van der Waals surface area contributed by atoms with Crippen molar-refractivity contribution in [3.63, 3.8) is 0 Å². The molecule has 1 aliphatic heterocycles. The van der Waals surface area contributed by atoms with Crippen LogP contribution in [0.25, 0.3) is 11.4 Å². The van der Waals surface area contributed by atoms with Gasteiger partial charge in [-0.25, -0.2) is 4.39 Å². The second-order valence-electron chi connectivity index (χ2n) is 7.32. The van der Waals surface area contributed by atoms with E-state index < -0.39 is 0 Å². The third-order valence-corrected chi connectivity index (χ3v) is 5.26. The van der Waals surface area contributed by atoms with Crippen molar-refractivity contribution in [1.29, 1.82) is 0 Å². The fraction of sp³-hybridized carbons (Fsp3) is 0.318. The van der Waals surface area contributed by atoms with Crippen LogP contribution in [0.1, 0.15) is 24.3 Å². The van der Waals surface area contributed by atoms with E-state index in [1.54, 1.807) is 50.4 Å². The van der Waals surface area contributed by atoms with Gasteiger partial charge in [0.1, 0.15) is 11.6 Å². The zero-order valence-electron chi connectivity index (χ0n) is 16.9. The van der Waals surface area contributed by atoms with Crippen molar-refractivity contribution in [2.75, 3.05) is 19.0 Å². The number of aryl methyl sites for hydroxylation is 1. The predicted octanol–water partition coefficient (Wildman–Crippen LogP) is 3.80. The summed E-state index contributed by atoms with van der Waals surface area (Å²) in [6.07, 6.45) is 1.66. The summed E-state index contributed by atoms with van der Waals surface area (Å²) in [6.45, 7) is 2.82. The van der Waals surface area contributed by atoms with Crippen LogP contribution < -0.4 is 10.1 Å². The van der Waals surface area contributed by atoms with Crippen LogP contribution in [0.2, 0.25) is 0 Å². The molecule has 8 heteroatoms. The average Bonchev–Trinajstić information content (AvgIpc) is 3.41. The SMILES string of the molecule is COc1ccc(NC(=O)C2CCCN2Cc2nc(-c3ccc(C)c(F)c3)no2)cc1. The van der Waals surface area contributed by atoms with Gasteiger partial charge in [-0.15, -0.1) is 0 Å². The number of carbonyl (C=O) groups excluding carboxylic acids is 1. The summed E-state index contributed by atoms with van der Waals surface area (Å²) in [5, 5.41) is 6.91. The Bertz CT molecular complexity index is 1040. The zero-order chi connectivity index (χ0) is 21.1. The fourth-order valence-electron chi connectivity index (χ4n) is 3.55. The van der Waals surface area contributed by atoms with Gasteiger partial charge in [-0.1, -0.05) is 17.3 Å². The Labute approximate surface area is 173 Å². The van der Waals surface area contributed by atoms with E-state index in [1.807, 2.05) is 4.90 Å². The number of hydrogen-bond acceptors (Lipinski definition) is 6. The summed E-state index contributed by atoms with van der Waals surface area (Å²) in [4.78, 5) is 19.2. The number of rotatable bonds is 6. The largest absolute Gasteiger partial charge is 0.497 e. The summed E-state index contributed by atoms with van der Waals surface area (Å²) in [5.41, 5.74) is 1.84. The Balaban J connectivity index is 1.42. The van der Waals surface area contributed by atoms with Gasteiger partial charge in [0.2, 0.25) is 17.6 Å². The number of amides is 1. The lowest BCUT2D eigenvalue weighted by atomic mass is 10.1. The molecule has 1 atom stereocenters. The number of halogens is 1. The van der Waals surface area contributed by atoms with Crippen LogP contribution in [0.15, 0.2) is 47.0 Å². The molecule has 4 rings (SSSR count). The van der Waals surface area contributed by atoms with E-state index in [0.29, 0.717) is 35.1 Å². The van der Waals surface area contributed by atoms with Gasteiger partial charge in [-0.05, 0) is 62.2 Å². The Morgan fingerprint density at radius 2 is 2.10 bits per heavy atom. The lowest BCUT2D eigenvalue weighted by molar-refractivity contribution is -0.120. The zero-order valence-corrected chi connectivity index (χ0v) is 16.9. The van der Waals surface area contributed by atoms with Gasteiger partial charge in [0.15, 0.2) is 0 Å². The molecule has 1 aromatic heterocycles. The monoisotopic (exact) mass is 410 g/mol. The fourth-order valence-corrected chi connectivity index (χ4v) is 3.55. The van der Waals surface area contributed by atoms with Crippen LogP contribution >= 0.6 is 0 Å². The molecular formula is C22H23FN4O3. The third-order valence-electron chi connectivity index (χ3n) is 5.26. The Hall–Kier alpha value is -3.26. The topological polar surface area (TPSA) is 80.5 Å². The number of aromatic nitrogens is 2. The first-order valence-corrected chi connectivity index (χ1v) is 9.81. The second kappa shape index (κ2) is 8.62. The first kappa shape index (κ1) is 20.0. The molecule has 3 aromatic rings. The second-order valence-corrected chi connectivity index (χ2v) is 7.32. The minimum absolute atomic E-state index is 0.0713.